The maximum Gasteiger partial charge on any atom is 0.305 e. The Morgan fingerprint density at radius 2 is 1.80 bits per heavy atom. The van der Waals surface area contributed by atoms with E-state index in [9.17, 15) is 9.59 Å². The molecule has 0 saturated heterocycles. The van der Waals surface area contributed by atoms with E-state index in [1.807, 2.05) is 5.94 Å². The van der Waals surface area contributed by atoms with E-state index < -0.39 is 0 Å². The summed E-state index contributed by atoms with van der Waals surface area (Å²) in [5.41, 5.74) is 0.798. The van der Waals surface area contributed by atoms with Crippen LogP contribution in [0.4, 0.5) is 0 Å². The van der Waals surface area contributed by atoms with Gasteiger partial charge in [0.25, 0.3) is 0 Å². The standard InChI is InChI=1S/C12H20O3/c1-3-4-5-7-11(10-13)8-6-9-12(14)15-2/h3-9H2,1-2H3. The normalized spacial score (nSPS) is 9.47. The van der Waals surface area contributed by atoms with Gasteiger partial charge in [-0.3, -0.25) is 4.79 Å². The number of unbranched alkanes of at least 4 members (excludes halogenated alkanes) is 2. The maximum atomic E-state index is 10.8. The summed E-state index contributed by atoms with van der Waals surface area (Å²) >= 11 is 0. The number of methoxy groups -OCH3 is 1. The van der Waals surface area contributed by atoms with E-state index >= 15 is 0 Å². The topological polar surface area (TPSA) is 43.4 Å². The molecule has 0 fully saturated rings. The Balaban J connectivity index is 3.63. The van der Waals surface area contributed by atoms with E-state index in [-0.39, 0.29) is 5.97 Å². The molecule has 0 aromatic heterocycles. The van der Waals surface area contributed by atoms with Gasteiger partial charge in [-0.05, 0) is 25.7 Å². The number of carbonyl (C=O) groups excluding carboxylic acids is 2. The molecule has 0 atom stereocenters. The quantitative estimate of drug-likeness (QED) is 0.353. The second-order valence-electron chi connectivity index (χ2n) is 3.59. The fourth-order valence-electron chi connectivity index (χ4n) is 1.36. The number of allylic oxidation sites excluding steroid dienone is 1. The van der Waals surface area contributed by atoms with Gasteiger partial charge in [0, 0.05) is 12.0 Å². The molecule has 86 valence electrons. The van der Waals surface area contributed by atoms with Crippen LogP contribution in [-0.4, -0.2) is 19.0 Å². The Labute approximate surface area is 91.5 Å². The summed E-state index contributed by atoms with van der Waals surface area (Å²) in [6.07, 6.45) is 5.88. The number of hydrogen-bond acceptors (Lipinski definition) is 3. The van der Waals surface area contributed by atoms with Crippen molar-refractivity contribution in [1.29, 1.82) is 0 Å². The fraction of sp³-hybridized carbons (Fsp3) is 0.750. The van der Waals surface area contributed by atoms with E-state index in [1.165, 1.54) is 7.11 Å². The van der Waals surface area contributed by atoms with Gasteiger partial charge < -0.3 is 4.74 Å². The van der Waals surface area contributed by atoms with Crippen LogP contribution in [-0.2, 0) is 14.3 Å². The van der Waals surface area contributed by atoms with Crippen LogP contribution in [0.1, 0.15) is 51.9 Å². The predicted octanol–water partition coefficient (Wildman–Crippen LogP) is 2.67. The number of hydrogen-bond donors (Lipinski definition) is 0. The zero-order chi connectivity index (χ0) is 11.5. The lowest BCUT2D eigenvalue weighted by molar-refractivity contribution is -0.140. The third-order valence-electron chi connectivity index (χ3n) is 2.31. The van der Waals surface area contributed by atoms with Crippen LogP contribution in [0.15, 0.2) is 5.57 Å². The molecular formula is C12H20O3. The van der Waals surface area contributed by atoms with Crippen molar-refractivity contribution in [3.63, 3.8) is 0 Å². The summed E-state index contributed by atoms with van der Waals surface area (Å²) in [4.78, 5) is 21.4. The van der Waals surface area contributed by atoms with E-state index in [1.54, 1.807) is 0 Å². The molecule has 0 N–H and O–H groups in total. The highest BCUT2D eigenvalue weighted by molar-refractivity contribution is 5.69. The Kier molecular flexibility index (Phi) is 8.79. The molecule has 0 aromatic carbocycles. The average Bonchev–Trinajstić information content (AvgIpc) is 2.26. The highest BCUT2D eigenvalue weighted by Crippen LogP contribution is 2.13. The highest BCUT2D eigenvalue weighted by atomic mass is 16.5. The van der Waals surface area contributed by atoms with Gasteiger partial charge in [-0.2, -0.15) is 0 Å². The van der Waals surface area contributed by atoms with Crippen LogP contribution >= 0.6 is 0 Å². The molecule has 3 nitrogen and oxygen atoms in total. The smallest absolute Gasteiger partial charge is 0.305 e. The Morgan fingerprint density at radius 1 is 1.13 bits per heavy atom. The Morgan fingerprint density at radius 3 is 2.33 bits per heavy atom. The SMILES string of the molecule is CCCCCC(=C=O)CCCC(=O)OC. The van der Waals surface area contributed by atoms with Gasteiger partial charge in [-0.25, -0.2) is 4.79 Å². The summed E-state index contributed by atoms with van der Waals surface area (Å²) in [6.45, 7) is 2.13. The van der Waals surface area contributed by atoms with Crippen molar-refractivity contribution in [3.05, 3.63) is 5.57 Å². The van der Waals surface area contributed by atoms with Gasteiger partial charge in [0.15, 0.2) is 0 Å². The number of rotatable bonds is 8. The lowest BCUT2D eigenvalue weighted by Crippen LogP contribution is -2.00. The van der Waals surface area contributed by atoms with E-state index in [4.69, 9.17) is 0 Å². The summed E-state index contributed by atoms with van der Waals surface area (Å²) in [7, 11) is 1.38. The largest absolute Gasteiger partial charge is 0.469 e. The second kappa shape index (κ2) is 9.47. The number of ether oxygens (including phenoxy) is 1. The lowest BCUT2D eigenvalue weighted by Gasteiger charge is -2.02. The Hall–Kier alpha value is -1.08. The monoisotopic (exact) mass is 212 g/mol. The van der Waals surface area contributed by atoms with Gasteiger partial charge in [0.05, 0.1) is 7.11 Å². The second-order valence-corrected chi connectivity index (χ2v) is 3.59. The maximum absolute atomic E-state index is 10.8. The number of carbonyl (C=O) groups is 1. The molecule has 0 spiro atoms. The molecule has 0 aromatic rings. The first kappa shape index (κ1) is 13.9. The molecule has 0 aliphatic carbocycles. The summed E-state index contributed by atoms with van der Waals surface area (Å²) in [6, 6.07) is 0. The number of esters is 1. The molecular weight excluding hydrogens is 192 g/mol. The zero-order valence-electron chi connectivity index (χ0n) is 9.67. The molecule has 0 aliphatic rings. The summed E-state index contributed by atoms with van der Waals surface area (Å²) < 4.78 is 4.52. The first-order valence-corrected chi connectivity index (χ1v) is 5.54. The van der Waals surface area contributed by atoms with Crippen molar-refractivity contribution < 1.29 is 14.3 Å². The van der Waals surface area contributed by atoms with E-state index in [0.29, 0.717) is 19.3 Å². The first-order chi connectivity index (χ1) is 7.24. The van der Waals surface area contributed by atoms with Gasteiger partial charge in [0.1, 0.15) is 5.94 Å². The van der Waals surface area contributed by atoms with Crippen molar-refractivity contribution in [2.24, 2.45) is 0 Å². The lowest BCUT2D eigenvalue weighted by atomic mass is 10.0. The first-order valence-electron chi connectivity index (χ1n) is 5.54. The molecule has 0 heterocycles. The van der Waals surface area contributed by atoms with Crippen molar-refractivity contribution in [2.45, 2.75) is 51.9 Å². The van der Waals surface area contributed by atoms with Crippen LogP contribution < -0.4 is 0 Å². The zero-order valence-corrected chi connectivity index (χ0v) is 9.67. The average molecular weight is 212 g/mol. The molecule has 0 unspecified atom stereocenters. The molecule has 0 bridgehead atoms. The summed E-state index contributed by atoms with van der Waals surface area (Å²) in [5, 5.41) is 0. The molecule has 3 heteroatoms. The van der Waals surface area contributed by atoms with Crippen LogP contribution in [0.3, 0.4) is 0 Å². The molecule has 0 amide bonds. The van der Waals surface area contributed by atoms with Crippen molar-refractivity contribution in [1.82, 2.24) is 0 Å². The van der Waals surface area contributed by atoms with Gasteiger partial charge in [-0.15, -0.1) is 0 Å². The fourth-order valence-corrected chi connectivity index (χ4v) is 1.36. The van der Waals surface area contributed by atoms with Gasteiger partial charge in [0.2, 0.25) is 0 Å². The third-order valence-corrected chi connectivity index (χ3v) is 2.31. The minimum Gasteiger partial charge on any atom is -0.469 e. The van der Waals surface area contributed by atoms with Crippen LogP contribution in [0.25, 0.3) is 0 Å². The third kappa shape index (κ3) is 7.95. The predicted molar refractivity (Wildman–Crippen MR) is 59.2 cm³/mol. The van der Waals surface area contributed by atoms with Crippen molar-refractivity contribution in [2.75, 3.05) is 7.11 Å². The molecule has 0 radical (unpaired) electrons. The minimum atomic E-state index is -0.214. The minimum absolute atomic E-state index is 0.214. The molecule has 0 rings (SSSR count). The summed E-state index contributed by atoms with van der Waals surface area (Å²) in [5.74, 6) is 1.75. The Bertz CT molecular complexity index is 227. The van der Waals surface area contributed by atoms with Crippen molar-refractivity contribution >= 4 is 11.9 Å². The van der Waals surface area contributed by atoms with Gasteiger partial charge >= 0.3 is 5.97 Å². The molecule has 0 saturated carbocycles. The van der Waals surface area contributed by atoms with Crippen LogP contribution in [0.5, 0.6) is 0 Å². The van der Waals surface area contributed by atoms with E-state index in [0.717, 1.165) is 31.3 Å². The highest BCUT2D eigenvalue weighted by Gasteiger charge is 2.03. The molecule has 0 aliphatic heterocycles. The van der Waals surface area contributed by atoms with Crippen LogP contribution in [0.2, 0.25) is 0 Å². The van der Waals surface area contributed by atoms with Gasteiger partial charge in [-0.1, -0.05) is 19.8 Å². The van der Waals surface area contributed by atoms with Crippen LogP contribution in [0, 0.1) is 0 Å². The van der Waals surface area contributed by atoms with Crippen molar-refractivity contribution in [3.8, 4) is 0 Å². The molecule has 15 heavy (non-hydrogen) atoms. The van der Waals surface area contributed by atoms with E-state index in [2.05, 4.69) is 11.7 Å².